The number of nitrogens with one attached hydrogen (secondary N) is 1. The Labute approximate surface area is 124 Å². The summed E-state index contributed by atoms with van der Waals surface area (Å²) in [5.74, 6) is -0.146. The molecule has 1 amide bonds. The van der Waals surface area contributed by atoms with Crippen LogP contribution < -0.4 is 5.32 Å². The molecule has 2 aliphatic rings. The standard InChI is InChI=1S/C16H21FN2O2/c1-21-10-9-19-14(12-5-4-6-13(17)11-12)18-16(15(19)20)7-2-3-8-16/h4-6,11,14,18H,2-3,7-10H2,1H3. The molecule has 1 N–H and O–H groups in total. The maximum absolute atomic E-state index is 13.5. The molecule has 1 aliphatic carbocycles. The van der Waals surface area contributed by atoms with Gasteiger partial charge in [0.1, 0.15) is 12.0 Å². The molecule has 5 heteroatoms. The highest BCUT2D eigenvalue weighted by Crippen LogP contribution is 2.40. The highest BCUT2D eigenvalue weighted by atomic mass is 19.1. The first-order valence-electron chi connectivity index (χ1n) is 7.49. The monoisotopic (exact) mass is 292 g/mol. The second-order valence-corrected chi connectivity index (χ2v) is 5.88. The summed E-state index contributed by atoms with van der Waals surface area (Å²) in [7, 11) is 1.62. The number of halogens is 1. The van der Waals surface area contributed by atoms with Gasteiger partial charge in [0.15, 0.2) is 0 Å². The van der Waals surface area contributed by atoms with Gasteiger partial charge in [-0.2, -0.15) is 0 Å². The Morgan fingerprint density at radius 1 is 1.43 bits per heavy atom. The van der Waals surface area contributed by atoms with Crippen molar-refractivity contribution >= 4 is 5.91 Å². The van der Waals surface area contributed by atoms with Crippen molar-refractivity contribution in [2.45, 2.75) is 37.4 Å². The first kappa shape index (κ1) is 14.5. The number of ether oxygens (including phenoxy) is 1. The average molecular weight is 292 g/mol. The van der Waals surface area contributed by atoms with Gasteiger partial charge in [-0.05, 0) is 30.5 Å². The molecule has 0 aromatic heterocycles. The van der Waals surface area contributed by atoms with Crippen LogP contribution in [0.5, 0.6) is 0 Å². The fourth-order valence-electron chi connectivity index (χ4n) is 3.49. The largest absolute Gasteiger partial charge is 0.383 e. The van der Waals surface area contributed by atoms with E-state index in [4.69, 9.17) is 4.74 Å². The lowest BCUT2D eigenvalue weighted by molar-refractivity contribution is -0.133. The van der Waals surface area contributed by atoms with Gasteiger partial charge in [-0.3, -0.25) is 10.1 Å². The molecule has 4 nitrogen and oxygen atoms in total. The molecule has 2 fully saturated rings. The van der Waals surface area contributed by atoms with Crippen molar-refractivity contribution in [2.24, 2.45) is 0 Å². The predicted molar refractivity (Wildman–Crippen MR) is 77.1 cm³/mol. The van der Waals surface area contributed by atoms with Gasteiger partial charge < -0.3 is 9.64 Å². The third kappa shape index (κ3) is 2.56. The molecular weight excluding hydrogens is 271 g/mol. The number of methoxy groups -OCH3 is 1. The van der Waals surface area contributed by atoms with E-state index in [9.17, 15) is 9.18 Å². The highest BCUT2D eigenvalue weighted by molar-refractivity contribution is 5.89. The summed E-state index contributed by atoms with van der Waals surface area (Å²) in [6.07, 6.45) is 3.59. The normalized spacial score (nSPS) is 24.2. The molecule has 1 saturated heterocycles. The Morgan fingerprint density at radius 3 is 2.86 bits per heavy atom. The summed E-state index contributed by atoms with van der Waals surface area (Å²) in [4.78, 5) is 14.6. The van der Waals surface area contributed by atoms with E-state index in [0.29, 0.717) is 13.2 Å². The lowest BCUT2D eigenvalue weighted by Crippen LogP contribution is -2.44. The van der Waals surface area contributed by atoms with Gasteiger partial charge in [-0.25, -0.2) is 4.39 Å². The van der Waals surface area contributed by atoms with Crippen molar-refractivity contribution in [3.8, 4) is 0 Å². The summed E-state index contributed by atoms with van der Waals surface area (Å²) in [6, 6.07) is 6.47. The molecule has 3 rings (SSSR count). The van der Waals surface area contributed by atoms with Crippen molar-refractivity contribution in [3.05, 3.63) is 35.6 Å². The number of nitrogens with zero attached hydrogens (tertiary/aromatic N) is 1. The second kappa shape index (κ2) is 5.73. The van der Waals surface area contributed by atoms with Crippen LogP contribution >= 0.6 is 0 Å². The third-order valence-corrected chi connectivity index (χ3v) is 4.55. The van der Waals surface area contributed by atoms with E-state index in [1.165, 1.54) is 12.1 Å². The van der Waals surface area contributed by atoms with Crippen LogP contribution in [0.1, 0.15) is 37.4 Å². The molecule has 1 saturated carbocycles. The van der Waals surface area contributed by atoms with Gasteiger partial charge in [0.25, 0.3) is 0 Å². The molecule has 1 aromatic rings. The Kier molecular flexibility index (Phi) is 3.95. The van der Waals surface area contributed by atoms with Crippen molar-refractivity contribution in [3.63, 3.8) is 0 Å². The zero-order valence-corrected chi connectivity index (χ0v) is 12.3. The number of amides is 1. The molecule has 0 bridgehead atoms. The molecule has 1 heterocycles. The maximum atomic E-state index is 13.5. The Bertz CT molecular complexity index is 529. The zero-order chi connectivity index (χ0) is 14.9. The van der Waals surface area contributed by atoms with E-state index in [-0.39, 0.29) is 17.9 Å². The summed E-state index contributed by atoms with van der Waals surface area (Å²) in [6.45, 7) is 1.00. The van der Waals surface area contributed by atoms with E-state index in [1.54, 1.807) is 18.1 Å². The van der Waals surface area contributed by atoms with E-state index in [0.717, 1.165) is 31.2 Å². The number of hydrogen-bond acceptors (Lipinski definition) is 3. The Morgan fingerprint density at radius 2 is 2.19 bits per heavy atom. The molecule has 0 radical (unpaired) electrons. The van der Waals surface area contributed by atoms with Crippen LogP contribution in [-0.2, 0) is 9.53 Å². The van der Waals surface area contributed by atoms with Crippen LogP contribution in [0.3, 0.4) is 0 Å². The van der Waals surface area contributed by atoms with Crippen LogP contribution in [0, 0.1) is 5.82 Å². The topological polar surface area (TPSA) is 41.6 Å². The first-order chi connectivity index (χ1) is 10.2. The predicted octanol–water partition coefficient (Wildman–Crippen LogP) is 2.22. The van der Waals surface area contributed by atoms with Crippen molar-refractivity contribution in [1.29, 1.82) is 0 Å². The fraction of sp³-hybridized carbons (Fsp3) is 0.562. The van der Waals surface area contributed by atoms with Crippen molar-refractivity contribution in [2.75, 3.05) is 20.3 Å². The number of carbonyl (C=O) groups excluding carboxylic acids is 1. The number of benzene rings is 1. The number of hydrogen-bond donors (Lipinski definition) is 1. The highest BCUT2D eigenvalue weighted by Gasteiger charge is 2.52. The molecule has 1 aromatic carbocycles. The molecule has 1 spiro atoms. The minimum atomic E-state index is -0.454. The lowest BCUT2D eigenvalue weighted by Gasteiger charge is -2.24. The van der Waals surface area contributed by atoms with Gasteiger partial charge in [-0.1, -0.05) is 25.0 Å². The van der Waals surface area contributed by atoms with E-state index in [2.05, 4.69) is 5.32 Å². The second-order valence-electron chi connectivity index (χ2n) is 5.88. The third-order valence-electron chi connectivity index (χ3n) is 4.55. The Balaban J connectivity index is 1.91. The first-order valence-corrected chi connectivity index (χ1v) is 7.49. The Hall–Kier alpha value is -1.46. The average Bonchev–Trinajstić information content (AvgIpc) is 3.05. The summed E-state index contributed by atoms with van der Waals surface area (Å²) in [5.41, 5.74) is 0.341. The van der Waals surface area contributed by atoms with Crippen LogP contribution in [-0.4, -0.2) is 36.6 Å². The van der Waals surface area contributed by atoms with Crippen molar-refractivity contribution < 1.29 is 13.9 Å². The maximum Gasteiger partial charge on any atom is 0.244 e. The van der Waals surface area contributed by atoms with Gasteiger partial charge in [0, 0.05) is 13.7 Å². The van der Waals surface area contributed by atoms with Gasteiger partial charge >= 0.3 is 0 Å². The minimum absolute atomic E-state index is 0.131. The number of rotatable bonds is 4. The summed E-state index contributed by atoms with van der Waals surface area (Å²) < 4.78 is 18.6. The summed E-state index contributed by atoms with van der Waals surface area (Å²) in [5, 5.41) is 3.47. The van der Waals surface area contributed by atoms with Crippen LogP contribution in [0.25, 0.3) is 0 Å². The minimum Gasteiger partial charge on any atom is -0.383 e. The number of carbonyl (C=O) groups is 1. The zero-order valence-electron chi connectivity index (χ0n) is 12.3. The lowest BCUT2D eigenvalue weighted by atomic mass is 9.98. The van der Waals surface area contributed by atoms with E-state index in [1.807, 2.05) is 6.07 Å². The van der Waals surface area contributed by atoms with E-state index >= 15 is 0 Å². The molecule has 21 heavy (non-hydrogen) atoms. The smallest absolute Gasteiger partial charge is 0.244 e. The van der Waals surface area contributed by atoms with Crippen LogP contribution in [0.4, 0.5) is 4.39 Å². The SMILES string of the molecule is COCCN1C(=O)C2(CCCC2)NC1c1cccc(F)c1. The van der Waals surface area contributed by atoms with Gasteiger partial charge in [0.2, 0.25) is 5.91 Å². The fourth-order valence-corrected chi connectivity index (χ4v) is 3.49. The van der Waals surface area contributed by atoms with Gasteiger partial charge in [0.05, 0.1) is 12.1 Å². The van der Waals surface area contributed by atoms with E-state index < -0.39 is 5.54 Å². The van der Waals surface area contributed by atoms with Gasteiger partial charge in [-0.15, -0.1) is 0 Å². The molecule has 114 valence electrons. The van der Waals surface area contributed by atoms with Crippen molar-refractivity contribution in [1.82, 2.24) is 10.2 Å². The van der Waals surface area contributed by atoms with Crippen LogP contribution in [0.15, 0.2) is 24.3 Å². The quantitative estimate of drug-likeness (QED) is 0.925. The molecular formula is C16H21FN2O2. The molecule has 1 atom stereocenters. The van der Waals surface area contributed by atoms with Crippen LogP contribution in [0.2, 0.25) is 0 Å². The molecule has 1 aliphatic heterocycles. The molecule has 1 unspecified atom stereocenters. The summed E-state index contributed by atoms with van der Waals surface area (Å²) >= 11 is 0.